The minimum atomic E-state index is -5.44. The number of carbonyl (C=O) groups excluding carboxylic acids is 2. The van der Waals surface area contributed by atoms with Crippen molar-refractivity contribution >= 4 is 21.8 Å². The van der Waals surface area contributed by atoms with Crippen LogP contribution in [0.1, 0.15) is 6.92 Å². The molecule has 0 aliphatic heterocycles. The number of halogens is 3. The van der Waals surface area contributed by atoms with Crippen molar-refractivity contribution in [2.45, 2.75) is 12.4 Å². The molecule has 1 N–H and O–H groups in total. The van der Waals surface area contributed by atoms with E-state index in [9.17, 15) is 31.2 Å². The van der Waals surface area contributed by atoms with Gasteiger partial charge in [0.2, 0.25) is 5.78 Å². The van der Waals surface area contributed by atoms with Crippen molar-refractivity contribution in [1.29, 1.82) is 0 Å². The van der Waals surface area contributed by atoms with E-state index >= 15 is 0 Å². The summed E-state index contributed by atoms with van der Waals surface area (Å²) in [6.07, 6.45) is 0. The van der Waals surface area contributed by atoms with Crippen LogP contribution >= 0.6 is 0 Å². The van der Waals surface area contributed by atoms with Gasteiger partial charge in [-0.2, -0.15) is 13.2 Å². The maximum atomic E-state index is 11.7. The lowest BCUT2D eigenvalue weighted by molar-refractivity contribution is -0.152. The van der Waals surface area contributed by atoms with Gasteiger partial charge in [0, 0.05) is 13.5 Å². The average Bonchev–Trinajstić information content (AvgIpc) is 2.09. The van der Waals surface area contributed by atoms with Gasteiger partial charge < -0.3 is 4.74 Å². The highest BCUT2D eigenvalue weighted by molar-refractivity contribution is 7.90. The first kappa shape index (κ1) is 14.8. The highest BCUT2D eigenvalue weighted by atomic mass is 32.2. The van der Waals surface area contributed by atoms with Crippen LogP contribution in [0.2, 0.25) is 0 Å². The van der Waals surface area contributed by atoms with Crippen molar-refractivity contribution < 1.29 is 35.9 Å². The Hall–Kier alpha value is -1.16. The summed E-state index contributed by atoms with van der Waals surface area (Å²) in [5, 5.41) is 0. The predicted octanol–water partition coefficient (Wildman–Crippen LogP) is -0.442. The topological polar surface area (TPSA) is 89.5 Å². The number of Topliss-reactive ketones (excluding diaryl/α,β-unsaturated/α-hetero) is 1. The molecule has 0 aliphatic carbocycles. The van der Waals surface area contributed by atoms with Crippen LogP contribution < -0.4 is 4.72 Å². The Balaban J connectivity index is 4.02. The Morgan fingerprint density at radius 1 is 1.31 bits per heavy atom. The SMILES string of the molecule is CC(=O)C(=O)OCCNS(=O)(=O)C(F)(F)F. The molecule has 0 saturated heterocycles. The smallest absolute Gasteiger partial charge is 0.459 e. The van der Waals surface area contributed by atoms with Crippen molar-refractivity contribution in [3.8, 4) is 0 Å². The molecule has 0 unspecified atom stereocenters. The summed E-state index contributed by atoms with van der Waals surface area (Å²) in [5.41, 5.74) is -5.42. The van der Waals surface area contributed by atoms with Crippen LogP contribution in [0.3, 0.4) is 0 Å². The maximum Gasteiger partial charge on any atom is 0.511 e. The van der Waals surface area contributed by atoms with Crippen molar-refractivity contribution in [2.75, 3.05) is 13.2 Å². The molecule has 0 bridgehead atoms. The van der Waals surface area contributed by atoms with E-state index in [4.69, 9.17) is 0 Å². The molecule has 0 aromatic heterocycles. The summed E-state index contributed by atoms with van der Waals surface area (Å²) >= 11 is 0. The van der Waals surface area contributed by atoms with Gasteiger partial charge in [0.05, 0.1) is 0 Å². The van der Waals surface area contributed by atoms with Gasteiger partial charge in [-0.3, -0.25) is 4.79 Å². The third kappa shape index (κ3) is 4.57. The van der Waals surface area contributed by atoms with Crippen LogP contribution in [0.4, 0.5) is 13.2 Å². The third-order valence-corrected chi connectivity index (χ3v) is 2.41. The number of alkyl halides is 3. The van der Waals surface area contributed by atoms with Gasteiger partial charge in [-0.25, -0.2) is 17.9 Å². The van der Waals surface area contributed by atoms with Crippen LogP contribution in [0.5, 0.6) is 0 Å². The Morgan fingerprint density at radius 3 is 2.19 bits per heavy atom. The number of sulfonamides is 1. The number of rotatable bonds is 5. The Kier molecular flexibility index (Phi) is 4.87. The molecule has 94 valence electrons. The number of ketones is 1. The van der Waals surface area contributed by atoms with Crippen LogP contribution in [-0.2, 0) is 24.3 Å². The van der Waals surface area contributed by atoms with E-state index in [1.165, 1.54) is 0 Å². The Bertz CT molecular complexity index is 374. The number of esters is 1. The van der Waals surface area contributed by atoms with Gasteiger partial charge >= 0.3 is 21.5 Å². The minimum absolute atomic E-state index is 0.659. The molecule has 0 aliphatic rings. The zero-order chi connectivity index (χ0) is 13.0. The van der Waals surface area contributed by atoms with E-state index in [1.807, 2.05) is 0 Å². The highest BCUT2D eigenvalue weighted by Gasteiger charge is 2.45. The number of hydrogen-bond donors (Lipinski definition) is 1. The molecular formula is C6H8F3NO5S. The molecule has 0 rings (SSSR count). The molecule has 0 amide bonds. The lowest BCUT2D eigenvalue weighted by Crippen LogP contribution is -2.38. The summed E-state index contributed by atoms with van der Waals surface area (Å²) in [4.78, 5) is 20.8. The quantitative estimate of drug-likeness (QED) is 0.412. The van der Waals surface area contributed by atoms with Gasteiger partial charge in [-0.1, -0.05) is 0 Å². The summed E-state index contributed by atoms with van der Waals surface area (Å²) in [7, 11) is -5.44. The summed E-state index contributed by atoms with van der Waals surface area (Å²) in [5.74, 6) is -2.18. The zero-order valence-electron chi connectivity index (χ0n) is 8.00. The summed E-state index contributed by atoms with van der Waals surface area (Å²) in [6, 6.07) is 0. The Labute approximate surface area is 88.8 Å². The monoisotopic (exact) mass is 263 g/mol. The van der Waals surface area contributed by atoms with Crippen molar-refractivity contribution in [1.82, 2.24) is 4.72 Å². The van der Waals surface area contributed by atoms with Gasteiger partial charge in [0.1, 0.15) is 6.61 Å². The molecule has 0 aromatic rings. The number of ether oxygens (including phenoxy) is 1. The van der Waals surface area contributed by atoms with Crippen LogP contribution in [0.15, 0.2) is 0 Å². The van der Waals surface area contributed by atoms with E-state index in [1.54, 1.807) is 0 Å². The number of hydrogen-bond acceptors (Lipinski definition) is 5. The van der Waals surface area contributed by atoms with E-state index in [2.05, 4.69) is 4.74 Å². The fraction of sp³-hybridized carbons (Fsp3) is 0.667. The maximum absolute atomic E-state index is 11.7. The lowest BCUT2D eigenvalue weighted by Gasteiger charge is -2.09. The second-order valence-corrected chi connectivity index (χ2v) is 4.29. The van der Waals surface area contributed by atoms with Crippen molar-refractivity contribution in [3.05, 3.63) is 0 Å². The molecule has 0 radical (unpaired) electrons. The van der Waals surface area contributed by atoms with E-state index in [-0.39, 0.29) is 0 Å². The second kappa shape index (κ2) is 5.25. The minimum Gasteiger partial charge on any atom is -0.459 e. The fourth-order valence-corrected chi connectivity index (χ4v) is 1.02. The fourth-order valence-electron chi connectivity index (χ4n) is 0.503. The number of carbonyl (C=O) groups is 2. The van der Waals surface area contributed by atoms with E-state index in [0.717, 1.165) is 11.6 Å². The van der Waals surface area contributed by atoms with Crippen molar-refractivity contribution in [3.63, 3.8) is 0 Å². The van der Waals surface area contributed by atoms with Crippen LogP contribution in [0.25, 0.3) is 0 Å². The molecule has 0 spiro atoms. The molecule has 0 heterocycles. The van der Waals surface area contributed by atoms with Gasteiger partial charge in [0.15, 0.2) is 0 Å². The molecule has 0 atom stereocenters. The molecule has 10 heteroatoms. The molecule has 0 saturated carbocycles. The van der Waals surface area contributed by atoms with Gasteiger partial charge in [-0.05, 0) is 0 Å². The zero-order valence-corrected chi connectivity index (χ0v) is 8.81. The van der Waals surface area contributed by atoms with E-state index < -0.39 is 40.4 Å². The first-order chi connectivity index (χ1) is 7.08. The van der Waals surface area contributed by atoms with Crippen LogP contribution in [0, 0.1) is 0 Å². The second-order valence-electron chi connectivity index (χ2n) is 2.54. The molecule has 16 heavy (non-hydrogen) atoms. The largest absolute Gasteiger partial charge is 0.511 e. The first-order valence-electron chi connectivity index (χ1n) is 3.81. The molecule has 0 fully saturated rings. The predicted molar refractivity (Wildman–Crippen MR) is 44.6 cm³/mol. The number of nitrogens with one attached hydrogen (secondary N) is 1. The summed E-state index contributed by atoms with van der Waals surface area (Å²) in [6.45, 7) is -0.517. The van der Waals surface area contributed by atoms with Crippen LogP contribution in [-0.4, -0.2) is 38.8 Å². The average molecular weight is 263 g/mol. The third-order valence-electron chi connectivity index (χ3n) is 1.22. The molecule has 0 aromatic carbocycles. The Morgan fingerprint density at radius 2 is 1.81 bits per heavy atom. The van der Waals surface area contributed by atoms with Crippen molar-refractivity contribution in [2.24, 2.45) is 0 Å². The van der Waals surface area contributed by atoms with E-state index in [0.29, 0.717) is 0 Å². The normalized spacial score (nSPS) is 12.2. The molecule has 6 nitrogen and oxygen atoms in total. The standard InChI is InChI=1S/C6H8F3NO5S/c1-4(11)5(12)15-3-2-10-16(13,14)6(7,8)9/h10H,2-3H2,1H3. The lowest BCUT2D eigenvalue weighted by atomic mass is 10.5. The first-order valence-corrected chi connectivity index (χ1v) is 5.30. The summed E-state index contributed by atoms with van der Waals surface area (Å²) < 4.78 is 61.3. The van der Waals surface area contributed by atoms with Gasteiger partial charge in [0.25, 0.3) is 0 Å². The molecular weight excluding hydrogens is 255 g/mol. The highest BCUT2D eigenvalue weighted by Crippen LogP contribution is 2.21. The van der Waals surface area contributed by atoms with Gasteiger partial charge in [-0.15, -0.1) is 0 Å².